The van der Waals surface area contributed by atoms with Crippen LogP contribution in [-0.2, 0) is 0 Å². The van der Waals surface area contributed by atoms with Crippen LogP contribution in [0.5, 0.6) is 0 Å². The first kappa shape index (κ1) is 13.7. The molecule has 0 radical (unpaired) electrons. The molecule has 0 aliphatic carbocycles. The molecule has 1 aromatic heterocycles. The van der Waals surface area contributed by atoms with E-state index >= 15 is 0 Å². The number of aryl methyl sites for hydroxylation is 1. The van der Waals surface area contributed by atoms with Gasteiger partial charge < -0.3 is 10.4 Å². The second-order valence-corrected chi connectivity index (χ2v) is 4.15. The monoisotopic (exact) mass is 272 g/mol. The van der Waals surface area contributed by atoms with Gasteiger partial charge in [0.15, 0.2) is 5.13 Å². The number of rotatable bonds is 5. The highest BCUT2D eigenvalue weighted by Gasteiger charge is 2.40. The van der Waals surface area contributed by atoms with Crippen LogP contribution in [0.1, 0.15) is 15.4 Å². The Balaban J connectivity index is 2.71. The summed E-state index contributed by atoms with van der Waals surface area (Å²) in [5, 5.41) is 10.5. The molecule has 0 atom stereocenters. The Morgan fingerprint density at radius 2 is 2.18 bits per heavy atom. The van der Waals surface area contributed by atoms with Crippen LogP contribution in [-0.4, -0.2) is 35.0 Å². The van der Waals surface area contributed by atoms with Crippen LogP contribution in [0.2, 0.25) is 0 Å². The third-order valence-corrected chi connectivity index (χ3v) is 2.89. The number of hydrogen-bond donors (Lipinski definition) is 2. The minimum absolute atomic E-state index is 0.118. The van der Waals surface area contributed by atoms with Gasteiger partial charge in [-0.25, -0.2) is 18.6 Å². The average Bonchev–Trinajstić information content (AvgIpc) is 2.57. The van der Waals surface area contributed by atoms with Gasteiger partial charge in [-0.2, -0.15) is 8.78 Å². The quantitative estimate of drug-likeness (QED) is 0.808. The fourth-order valence-corrected chi connectivity index (χ4v) is 1.74. The van der Waals surface area contributed by atoms with E-state index < -0.39 is 24.9 Å². The molecule has 1 rings (SSSR count). The van der Waals surface area contributed by atoms with Crippen LogP contribution in [0.15, 0.2) is 0 Å². The van der Waals surface area contributed by atoms with Gasteiger partial charge in [-0.1, -0.05) is 11.3 Å². The van der Waals surface area contributed by atoms with Crippen molar-refractivity contribution in [2.75, 3.05) is 11.9 Å². The predicted molar refractivity (Wildman–Crippen MR) is 53.3 cm³/mol. The lowest BCUT2D eigenvalue weighted by atomic mass is 10.3. The number of carboxylic acids is 1. The number of carbonyl (C=O) groups is 1. The summed E-state index contributed by atoms with van der Waals surface area (Å²) >= 11 is 0.620. The van der Waals surface area contributed by atoms with Crippen molar-refractivity contribution < 1.29 is 27.5 Å². The number of alkyl halides is 4. The SMILES string of the molecule is Cc1nc(NCC(F)(F)C(F)F)sc1C(=O)O. The van der Waals surface area contributed by atoms with Gasteiger partial charge in [0.25, 0.3) is 0 Å². The minimum atomic E-state index is -4.18. The van der Waals surface area contributed by atoms with Crippen LogP contribution in [0, 0.1) is 6.92 Å². The summed E-state index contributed by atoms with van der Waals surface area (Å²) in [7, 11) is 0. The van der Waals surface area contributed by atoms with E-state index in [1.165, 1.54) is 6.92 Å². The first-order valence-corrected chi connectivity index (χ1v) is 5.16. The second-order valence-electron chi connectivity index (χ2n) is 3.15. The minimum Gasteiger partial charge on any atom is -0.477 e. The molecule has 0 bridgehead atoms. The molecule has 1 aromatic rings. The molecule has 4 nitrogen and oxygen atoms in total. The number of aromatic nitrogens is 1. The number of carboxylic acid groups (broad SMARTS) is 1. The fraction of sp³-hybridized carbons (Fsp3) is 0.500. The maximum absolute atomic E-state index is 12.5. The van der Waals surface area contributed by atoms with Crippen LogP contribution < -0.4 is 5.32 Å². The lowest BCUT2D eigenvalue weighted by molar-refractivity contribution is -0.117. The molecule has 17 heavy (non-hydrogen) atoms. The van der Waals surface area contributed by atoms with Crippen molar-refractivity contribution in [2.45, 2.75) is 19.3 Å². The number of nitrogens with zero attached hydrogens (tertiary/aromatic N) is 1. The van der Waals surface area contributed by atoms with Crippen molar-refractivity contribution in [2.24, 2.45) is 0 Å². The third-order valence-electron chi connectivity index (χ3n) is 1.79. The van der Waals surface area contributed by atoms with E-state index in [0.29, 0.717) is 11.3 Å². The number of aromatic carboxylic acids is 1. The maximum atomic E-state index is 12.5. The summed E-state index contributed by atoms with van der Waals surface area (Å²) < 4.78 is 48.7. The van der Waals surface area contributed by atoms with Crippen molar-refractivity contribution in [1.29, 1.82) is 0 Å². The number of anilines is 1. The summed E-state index contributed by atoms with van der Waals surface area (Å²) in [6.07, 6.45) is -3.78. The van der Waals surface area contributed by atoms with Gasteiger partial charge in [-0.3, -0.25) is 0 Å². The summed E-state index contributed by atoms with van der Waals surface area (Å²) in [5.74, 6) is -5.42. The standard InChI is InChI=1S/C8H8F4N2O2S/c1-3-4(5(15)16)17-7(14-3)13-2-8(11,12)6(9)10/h6H,2H2,1H3,(H,13,14)(H,15,16). The topological polar surface area (TPSA) is 62.2 Å². The molecule has 0 amide bonds. The maximum Gasteiger partial charge on any atom is 0.347 e. The summed E-state index contributed by atoms with van der Waals surface area (Å²) in [4.78, 5) is 14.1. The number of hydrogen-bond acceptors (Lipinski definition) is 4. The zero-order valence-corrected chi connectivity index (χ0v) is 9.32. The molecule has 0 aromatic carbocycles. The van der Waals surface area contributed by atoms with Crippen LogP contribution in [0.25, 0.3) is 0 Å². The van der Waals surface area contributed by atoms with Crippen LogP contribution in [0.3, 0.4) is 0 Å². The smallest absolute Gasteiger partial charge is 0.347 e. The molecule has 0 aliphatic heterocycles. The molecule has 0 saturated heterocycles. The van der Waals surface area contributed by atoms with Gasteiger partial charge in [0.2, 0.25) is 0 Å². The average molecular weight is 272 g/mol. The summed E-state index contributed by atoms with van der Waals surface area (Å²) in [6, 6.07) is 0. The Labute approximate surface area is 97.3 Å². The first-order chi connectivity index (χ1) is 7.74. The lowest BCUT2D eigenvalue weighted by Crippen LogP contribution is -2.34. The van der Waals surface area contributed by atoms with Crippen LogP contribution in [0.4, 0.5) is 22.7 Å². The van der Waals surface area contributed by atoms with E-state index in [9.17, 15) is 22.4 Å². The fourth-order valence-electron chi connectivity index (χ4n) is 0.941. The highest BCUT2D eigenvalue weighted by molar-refractivity contribution is 7.17. The largest absolute Gasteiger partial charge is 0.477 e. The zero-order valence-electron chi connectivity index (χ0n) is 8.51. The third kappa shape index (κ3) is 3.29. The van der Waals surface area contributed by atoms with E-state index in [-0.39, 0.29) is 15.7 Å². The van der Waals surface area contributed by atoms with Crippen molar-refractivity contribution >= 4 is 22.4 Å². The van der Waals surface area contributed by atoms with Gasteiger partial charge in [0.1, 0.15) is 4.88 Å². The molecular weight excluding hydrogens is 264 g/mol. The van der Waals surface area contributed by atoms with Gasteiger partial charge in [0.05, 0.1) is 12.2 Å². The van der Waals surface area contributed by atoms with Crippen LogP contribution >= 0.6 is 11.3 Å². The Hall–Kier alpha value is -1.38. The van der Waals surface area contributed by atoms with Crippen molar-refractivity contribution in [3.63, 3.8) is 0 Å². The zero-order chi connectivity index (χ0) is 13.2. The normalized spacial score (nSPS) is 11.9. The Morgan fingerprint density at radius 3 is 2.59 bits per heavy atom. The lowest BCUT2D eigenvalue weighted by Gasteiger charge is -2.14. The van der Waals surface area contributed by atoms with E-state index in [1.54, 1.807) is 0 Å². The summed E-state index contributed by atoms with van der Waals surface area (Å²) in [6.45, 7) is 0.0903. The molecule has 9 heteroatoms. The molecular formula is C8H8F4N2O2S. The van der Waals surface area contributed by atoms with Gasteiger partial charge in [0, 0.05) is 0 Å². The van der Waals surface area contributed by atoms with E-state index in [1.807, 2.05) is 5.32 Å². The molecule has 1 heterocycles. The van der Waals surface area contributed by atoms with Gasteiger partial charge in [-0.05, 0) is 6.92 Å². The number of thiazole rings is 1. The highest BCUT2D eigenvalue weighted by atomic mass is 32.1. The Kier molecular flexibility index (Phi) is 3.91. The Morgan fingerprint density at radius 1 is 1.59 bits per heavy atom. The molecule has 0 spiro atoms. The highest BCUT2D eigenvalue weighted by Crippen LogP contribution is 2.26. The van der Waals surface area contributed by atoms with Gasteiger partial charge in [-0.15, -0.1) is 0 Å². The second kappa shape index (κ2) is 4.86. The van der Waals surface area contributed by atoms with Gasteiger partial charge >= 0.3 is 18.3 Å². The van der Waals surface area contributed by atoms with Crippen molar-refractivity contribution in [3.05, 3.63) is 10.6 Å². The first-order valence-electron chi connectivity index (χ1n) is 4.34. The molecule has 96 valence electrons. The van der Waals surface area contributed by atoms with Crippen molar-refractivity contribution in [3.8, 4) is 0 Å². The van der Waals surface area contributed by atoms with Crippen molar-refractivity contribution in [1.82, 2.24) is 4.98 Å². The van der Waals surface area contributed by atoms with E-state index in [0.717, 1.165) is 0 Å². The molecule has 0 saturated carbocycles. The molecule has 2 N–H and O–H groups in total. The molecule has 0 unspecified atom stereocenters. The molecule has 0 aliphatic rings. The summed E-state index contributed by atoms with van der Waals surface area (Å²) in [5.41, 5.74) is 0.144. The number of nitrogens with one attached hydrogen (secondary N) is 1. The van der Waals surface area contributed by atoms with E-state index in [4.69, 9.17) is 5.11 Å². The predicted octanol–water partition coefficient (Wildman–Crippen LogP) is 2.46. The van der Waals surface area contributed by atoms with E-state index in [2.05, 4.69) is 4.98 Å². The Bertz CT molecular complexity index is 422. The number of halogens is 4. The molecule has 0 fully saturated rings.